The van der Waals surface area contributed by atoms with Gasteiger partial charge < -0.3 is 20.3 Å². The molecule has 232 valence electrons. The minimum absolute atomic E-state index is 0.263. The molecule has 0 atom stereocenters. The fourth-order valence-electron chi connectivity index (χ4n) is 5.89. The number of aryl methyl sites for hydroxylation is 1. The number of nitrogens with one attached hydrogen (secondary N) is 3. The number of benzene rings is 2. The van der Waals surface area contributed by atoms with E-state index in [4.69, 9.17) is 9.72 Å². The van der Waals surface area contributed by atoms with Crippen molar-refractivity contribution in [2.24, 2.45) is 7.05 Å². The minimum Gasteiger partial charge on any atom is -0.494 e. The Morgan fingerprint density at radius 3 is 2.60 bits per heavy atom. The van der Waals surface area contributed by atoms with Gasteiger partial charge in [-0.1, -0.05) is 0 Å². The van der Waals surface area contributed by atoms with Crippen molar-refractivity contribution in [2.75, 3.05) is 40.2 Å². The first-order chi connectivity index (χ1) is 21.7. The third kappa shape index (κ3) is 5.61. The smallest absolute Gasteiger partial charge is 0.229 e. The topological polar surface area (TPSA) is 152 Å². The first-order valence-corrected chi connectivity index (χ1v) is 17.1. The quantitative estimate of drug-likeness (QED) is 0.193. The van der Waals surface area contributed by atoms with Crippen molar-refractivity contribution in [1.29, 1.82) is 0 Å². The Bertz CT molecular complexity index is 2050. The molecule has 45 heavy (non-hydrogen) atoms. The maximum Gasteiger partial charge on any atom is 0.229 e. The number of rotatable bonds is 8. The van der Waals surface area contributed by atoms with Gasteiger partial charge in [0.1, 0.15) is 17.1 Å². The number of anilines is 6. The molecule has 4 heterocycles. The highest BCUT2D eigenvalue weighted by Crippen LogP contribution is 2.45. The maximum atomic E-state index is 12.3. The van der Waals surface area contributed by atoms with E-state index < -0.39 is 10.0 Å². The van der Waals surface area contributed by atoms with Gasteiger partial charge in [-0.25, -0.2) is 13.4 Å². The van der Waals surface area contributed by atoms with E-state index in [1.165, 1.54) is 31.2 Å². The lowest BCUT2D eigenvalue weighted by atomic mass is 9.90. The summed E-state index contributed by atoms with van der Waals surface area (Å²) in [6.45, 7) is 0.918. The molecule has 0 bridgehead atoms. The van der Waals surface area contributed by atoms with E-state index in [0.717, 1.165) is 36.0 Å². The second-order valence-electron chi connectivity index (χ2n) is 11.2. The molecule has 5 aromatic rings. The Morgan fingerprint density at radius 2 is 1.84 bits per heavy atom. The van der Waals surface area contributed by atoms with Crippen LogP contribution in [0.25, 0.3) is 22.2 Å². The molecule has 1 aliphatic heterocycles. The number of fused-ring (bicyclic) bond motifs is 4. The standard InChI is InChI=1S/C30H31BrN10O3S/c1-40-24-9-12-41(17-5-4-6-17)25-14-26(44-2)23(13-18(25)19(24)15-35-40)37-30-34-16-20(31)29(38-30)36-22-8-7-21-27(33-11-10-32-21)28(22)39-45(3,42)43/h7-8,10-11,13-17,39H,4-6,9,12H2,1-3H3,(H2,34,36,37,38). The van der Waals surface area contributed by atoms with Gasteiger partial charge in [0.05, 0.1) is 46.6 Å². The predicted molar refractivity (Wildman–Crippen MR) is 178 cm³/mol. The number of methoxy groups -OCH3 is 1. The zero-order valence-electron chi connectivity index (χ0n) is 24.9. The molecule has 0 radical (unpaired) electrons. The van der Waals surface area contributed by atoms with Gasteiger partial charge in [0.25, 0.3) is 0 Å². The normalized spacial score (nSPS) is 14.7. The molecule has 3 aromatic heterocycles. The zero-order valence-corrected chi connectivity index (χ0v) is 27.3. The van der Waals surface area contributed by atoms with Crippen molar-refractivity contribution in [2.45, 2.75) is 31.7 Å². The SMILES string of the molecule is COc1cc2c(cc1Nc1ncc(Br)c(Nc3ccc4nccnc4c3NS(C)(=O)=O)n1)-c1cnn(C)c1CCN2C1CCC1. The monoisotopic (exact) mass is 690 g/mol. The zero-order chi connectivity index (χ0) is 31.3. The van der Waals surface area contributed by atoms with Gasteiger partial charge in [0.2, 0.25) is 16.0 Å². The van der Waals surface area contributed by atoms with E-state index in [0.29, 0.717) is 50.4 Å². The summed E-state index contributed by atoms with van der Waals surface area (Å²) in [6.07, 6.45) is 12.2. The van der Waals surface area contributed by atoms with Crippen molar-refractivity contribution < 1.29 is 13.2 Å². The second-order valence-corrected chi connectivity index (χ2v) is 13.8. The molecule has 0 unspecified atom stereocenters. The van der Waals surface area contributed by atoms with Crippen LogP contribution in [0.2, 0.25) is 0 Å². The Morgan fingerprint density at radius 1 is 1.02 bits per heavy atom. The summed E-state index contributed by atoms with van der Waals surface area (Å²) in [4.78, 5) is 20.4. The molecule has 2 aliphatic rings. The Kier molecular flexibility index (Phi) is 7.44. The molecular weight excluding hydrogens is 660 g/mol. The molecule has 0 amide bonds. The van der Waals surface area contributed by atoms with Crippen LogP contribution in [0.1, 0.15) is 25.0 Å². The van der Waals surface area contributed by atoms with Crippen LogP contribution >= 0.6 is 15.9 Å². The third-order valence-corrected chi connectivity index (χ3v) is 9.41. The number of halogens is 1. The van der Waals surface area contributed by atoms with E-state index in [-0.39, 0.29) is 5.69 Å². The molecule has 0 saturated heterocycles. The Hall–Kier alpha value is -4.50. The van der Waals surface area contributed by atoms with Crippen LogP contribution in [-0.4, -0.2) is 64.1 Å². The van der Waals surface area contributed by atoms with Crippen LogP contribution in [0.15, 0.2) is 53.5 Å². The number of sulfonamides is 1. The summed E-state index contributed by atoms with van der Waals surface area (Å²) >= 11 is 3.53. The van der Waals surface area contributed by atoms with Crippen LogP contribution in [0, 0.1) is 0 Å². The van der Waals surface area contributed by atoms with Crippen LogP contribution in [0.4, 0.5) is 34.5 Å². The van der Waals surface area contributed by atoms with Crippen molar-refractivity contribution >= 4 is 71.5 Å². The summed E-state index contributed by atoms with van der Waals surface area (Å²) in [6, 6.07) is 8.17. The molecular formula is C30H31BrN10O3S. The van der Waals surface area contributed by atoms with Crippen LogP contribution in [-0.2, 0) is 23.5 Å². The first-order valence-electron chi connectivity index (χ1n) is 14.5. The fourth-order valence-corrected chi connectivity index (χ4v) is 6.76. The number of hydrogen-bond donors (Lipinski definition) is 3. The highest BCUT2D eigenvalue weighted by atomic mass is 79.9. The summed E-state index contributed by atoms with van der Waals surface area (Å²) in [5.74, 6) is 1.39. The Labute approximate surface area is 268 Å². The highest BCUT2D eigenvalue weighted by molar-refractivity contribution is 9.10. The van der Waals surface area contributed by atoms with E-state index in [1.807, 2.05) is 17.9 Å². The highest BCUT2D eigenvalue weighted by Gasteiger charge is 2.31. The van der Waals surface area contributed by atoms with Gasteiger partial charge in [-0.3, -0.25) is 19.4 Å². The summed E-state index contributed by atoms with van der Waals surface area (Å²) in [5, 5.41) is 11.2. The molecule has 1 aliphatic carbocycles. The van der Waals surface area contributed by atoms with Gasteiger partial charge in [-0.15, -0.1) is 0 Å². The Balaban J connectivity index is 1.26. The molecule has 0 spiro atoms. The van der Waals surface area contributed by atoms with Crippen molar-refractivity contribution in [1.82, 2.24) is 29.7 Å². The molecule has 3 N–H and O–H groups in total. The summed E-state index contributed by atoms with van der Waals surface area (Å²) in [7, 11) is 0.0178. The van der Waals surface area contributed by atoms with Gasteiger partial charge in [-0.2, -0.15) is 10.1 Å². The molecule has 2 aromatic carbocycles. The maximum absolute atomic E-state index is 12.3. The minimum atomic E-state index is -3.63. The van der Waals surface area contributed by atoms with Crippen LogP contribution < -0.4 is 25.0 Å². The predicted octanol–water partition coefficient (Wildman–Crippen LogP) is 5.37. The lowest BCUT2D eigenvalue weighted by Crippen LogP contribution is -2.41. The van der Waals surface area contributed by atoms with Crippen LogP contribution in [0.3, 0.4) is 0 Å². The van der Waals surface area contributed by atoms with Gasteiger partial charge in [0, 0.05) is 73.2 Å². The average Bonchev–Trinajstić information content (AvgIpc) is 3.28. The van der Waals surface area contributed by atoms with Gasteiger partial charge >= 0.3 is 0 Å². The van der Waals surface area contributed by atoms with Crippen molar-refractivity contribution in [3.8, 4) is 16.9 Å². The summed E-state index contributed by atoms with van der Waals surface area (Å²) < 4.78 is 35.5. The largest absolute Gasteiger partial charge is 0.494 e. The van der Waals surface area contributed by atoms with Crippen LogP contribution in [0.5, 0.6) is 5.75 Å². The lowest BCUT2D eigenvalue weighted by molar-refractivity contribution is 0.385. The van der Waals surface area contributed by atoms with Crippen molar-refractivity contribution in [3.63, 3.8) is 0 Å². The number of nitrogens with zero attached hydrogens (tertiary/aromatic N) is 7. The van der Waals surface area contributed by atoms with Crippen molar-refractivity contribution in [3.05, 3.63) is 59.2 Å². The van der Waals surface area contributed by atoms with Gasteiger partial charge in [0.15, 0.2) is 0 Å². The molecule has 13 nitrogen and oxygen atoms in total. The lowest BCUT2D eigenvalue weighted by Gasteiger charge is -2.39. The van der Waals surface area contributed by atoms with E-state index >= 15 is 0 Å². The average molecular weight is 692 g/mol. The molecule has 7 rings (SSSR count). The third-order valence-electron chi connectivity index (χ3n) is 8.26. The second kappa shape index (κ2) is 11.5. The van der Waals surface area contributed by atoms with E-state index in [9.17, 15) is 8.42 Å². The molecule has 15 heteroatoms. The van der Waals surface area contributed by atoms with Gasteiger partial charge in [-0.05, 0) is 53.4 Å². The first kappa shape index (κ1) is 29.2. The number of ether oxygens (including phenoxy) is 1. The number of aromatic nitrogens is 6. The molecule has 1 saturated carbocycles. The fraction of sp³-hybridized carbons (Fsp3) is 0.300. The summed E-state index contributed by atoms with van der Waals surface area (Å²) in [5.41, 5.74) is 6.87. The number of hydrogen-bond acceptors (Lipinski definition) is 11. The molecule has 1 fully saturated rings. The van der Waals surface area contributed by atoms with E-state index in [1.54, 1.807) is 31.6 Å². The van der Waals surface area contributed by atoms with E-state index in [2.05, 4.69) is 68.4 Å².